The van der Waals surface area contributed by atoms with Crippen LogP contribution in [0, 0.1) is 0 Å². The molecular formula is C16H23N7O2. The van der Waals surface area contributed by atoms with E-state index in [1.54, 1.807) is 6.33 Å². The zero-order valence-corrected chi connectivity index (χ0v) is 14.2. The minimum absolute atomic E-state index is 0.271. The summed E-state index contributed by atoms with van der Waals surface area (Å²) in [6, 6.07) is 0. The van der Waals surface area contributed by atoms with Crippen LogP contribution in [0.4, 0.5) is 11.8 Å². The van der Waals surface area contributed by atoms with Crippen molar-refractivity contribution in [1.82, 2.24) is 24.8 Å². The highest BCUT2D eigenvalue weighted by Crippen LogP contribution is 2.21. The molecule has 134 valence electrons. The lowest BCUT2D eigenvalue weighted by Gasteiger charge is -2.27. The zero-order valence-electron chi connectivity index (χ0n) is 14.2. The fourth-order valence-corrected chi connectivity index (χ4v) is 3.27. The molecule has 0 unspecified atom stereocenters. The van der Waals surface area contributed by atoms with E-state index in [4.69, 9.17) is 4.74 Å². The van der Waals surface area contributed by atoms with Crippen molar-refractivity contribution in [3.63, 3.8) is 0 Å². The van der Waals surface area contributed by atoms with E-state index in [2.05, 4.69) is 30.2 Å². The van der Waals surface area contributed by atoms with Gasteiger partial charge in [0, 0.05) is 39.1 Å². The highest BCUT2D eigenvalue weighted by molar-refractivity contribution is 5.83. The number of hydrogen-bond donors (Lipinski definition) is 2. The minimum atomic E-state index is 0.271. The van der Waals surface area contributed by atoms with Crippen molar-refractivity contribution in [2.45, 2.75) is 19.3 Å². The van der Waals surface area contributed by atoms with Crippen molar-refractivity contribution in [2.24, 2.45) is 0 Å². The van der Waals surface area contributed by atoms with Crippen molar-refractivity contribution in [2.75, 3.05) is 56.2 Å². The van der Waals surface area contributed by atoms with Gasteiger partial charge < -0.3 is 24.8 Å². The SMILES string of the molecule is O=C1CCCN1CCCNc1nc(N2CCOCC2)nc2nc[nH]c12. The topological polar surface area (TPSA) is 99.3 Å². The number of aromatic nitrogens is 4. The Hall–Kier alpha value is -2.42. The number of aromatic amines is 1. The van der Waals surface area contributed by atoms with Crippen LogP contribution >= 0.6 is 0 Å². The summed E-state index contributed by atoms with van der Waals surface area (Å²) in [5, 5.41) is 3.37. The molecule has 2 aliphatic heterocycles. The summed E-state index contributed by atoms with van der Waals surface area (Å²) >= 11 is 0. The van der Waals surface area contributed by atoms with Gasteiger partial charge in [-0.2, -0.15) is 9.97 Å². The Morgan fingerprint density at radius 3 is 2.92 bits per heavy atom. The normalized spacial score (nSPS) is 18.3. The third kappa shape index (κ3) is 3.51. The van der Waals surface area contributed by atoms with Crippen LogP contribution in [0.2, 0.25) is 0 Å². The fourth-order valence-electron chi connectivity index (χ4n) is 3.27. The van der Waals surface area contributed by atoms with Crippen molar-refractivity contribution in [1.29, 1.82) is 0 Å². The summed E-state index contributed by atoms with van der Waals surface area (Å²) in [4.78, 5) is 32.3. The maximum Gasteiger partial charge on any atom is 0.229 e. The Balaban J connectivity index is 1.42. The van der Waals surface area contributed by atoms with E-state index in [1.165, 1.54) is 0 Å². The summed E-state index contributed by atoms with van der Waals surface area (Å²) in [6.07, 6.45) is 4.20. The lowest BCUT2D eigenvalue weighted by molar-refractivity contribution is -0.127. The quantitative estimate of drug-likeness (QED) is 0.740. The number of amides is 1. The van der Waals surface area contributed by atoms with Gasteiger partial charge in [-0.15, -0.1) is 0 Å². The average Bonchev–Trinajstić information content (AvgIpc) is 3.28. The molecule has 0 aromatic carbocycles. The zero-order chi connectivity index (χ0) is 17.1. The number of ether oxygens (including phenoxy) is 1. The van der Waals surface area contributed by atoms with E-state index >= 15 is 0 Å². The molecule has 2 aliphatic rings. The van der Waals surface area contributed by atoms with Gasteiger partial charge in [0.1, 0.15) is 5.52 Å². The molecule has 0 aliphatic carbocycles. The number of hydrogen-bond acceptors (Lipinski definition) is 7. The summed E-state index contributed by atoms with van der Waals surface area (Å²) in [5.41, 5.74) is 1.47. The molecule has 25 heavy (non-hydrogen) atoms. The number of H-pyrrole nitrogens is 1. The Morgan fingerprint density at radius 2 is 2.12 bits per heavy atom. The van der Waals surface area contributed by atoms with Crippen LogP contribution in [-0.4, -0.2) is 76.7 Å². The number of rotatable bonds is 6. The minimum Gasteiger partial charge on any atom is -0.378 e. The van der Waals surface area contributed by atoms with Crippen LogP contribution in [-0.2, 0) is 9.53 Å². The van der Waals surface area contributed by atoms with E-state index in [0.29, 0.717) is 31.2 Å². The van der Waals surface area contributed by atoms with E-state index in [9.17, 15) is 4.79 Å². The Kier molecular flexibility index (Phi) is 4.64. The monoisotopic (exact) mass is 345 g/mol. The molecule has 1 amide bonds. The number of imidazole rings is 1. The summed E-state index contributed by atoms with van der Waals surface area (Å²) in [6.45, 7) is 5.37. The van der Waals surface area contributed by atoms with Crippen molar-refractivity contribution < 1.29 is 9.53 Å². The molecule has 2 fully saturated rings. The molecule has 0 atom stereocenters. The van der Waals surface area contributed by atoms with Crippen LogP contribution < -0.4 is 10.2 Å². The molecule has 9 nitrogen and oxygen atoms in total. The number of likely N-dealkylation sites (tertiary alicyclic amines) is 1. The van der Waals surface area contributed by atoms with Crippen molar-refractivity contribution in [3.8, 4) is 0 Å². The number of fused-ring (bicyclic) bond motifs is 1. The summed E-state index contributed by atoms with van der Waals surface area (Å²) in [5.74, 6) is 1.71. The Morgan fingerprint density at radius 1 is 1.24 bits per heavy atom. The fraction of sp³-hybridized carbons (Fsp3) is 0.625. The molecule has 0 saturated carbocycles. The third-order valence-electron chi connectivity index (χ3n) is 4.64. The smallest absolute Gasteiger partial charge is 0.229 e. The number of carbonyl (C=O) groups excluding carboxylic acids is 1. The predicted octanol–water partition coefficient (Wildman–Crippen LogP) is 0.614. The molecule has 4 rings (SSSR count). The van der Waals surface area contributed by atoms with Gasteiger partial charge >= 0.3 is 0 Å². The molecule has 2 N–H and O–H groups in total. The first kappa shape index (κ1) is 16.1. The van der Waals surface area contributed by atoms with Crippen LogP contribution in [0.5, 0.6) is 0 Å². The lowest BCUT2D eigenvalue weighted by atomic mass is 10.3. The first-order valence-corrected chi connectivity index (χ1v) is 8.87. The highest BCUT2D eigenvalue weighted by Gasteiger charge is 2.20. The molecule has 2 aromatic rings. The second kappa shape index (κ2) is 7.22. The van der Waals surface area contributed by atoms with E-state index < -0.39 is 0 Å². The standard InChI is InChI=1S/C16H23N7O2/c24-12-3-1-5-22(12)6-2-4-17-14-13-15(19-11-18-13)21-16(20-14)23-7-9-25-10-8-23/h11H,1-10H2,(H2,17,18,19,20,21). The Bertz CT molecular complexity index is 741. The molecule has 0 bridgehead atoms. The maximum atomic E-state index is 11.7. The van der Waals surface area contributed by atoms with Crippen LogP contribution in [0.3, 0.4) is 0 Å². The largest absolute Gasteiger partial charge is 0.378 e. The maximum absolute atomic E-state index is 11.7. The van der Waals surface area contributed by atoms with Gasteiger partial charge in [-0.1, -0.05) is 0 Å². The second-order valence-electron chi connectivity index (χ2n) is 6.34. The number of nitrogens with zero attached hydrogens (tertiary/aromatic N) is 5. The van der Waals surface area contributed by atoms with E-state index in [-0.39, 0.29) is 5.91 Å². The summed E-state index contributed by atoms with van der Waals surface area (Å²) in [7, 11) is 0. The van der Waals surface area contributed by atoms with Gasteiger partial charge in [0.25, 0.3) is 0 Å². The summed E-state index contributed by atoms with van der Waals surface area (Å²) < 4.78 is 5.39. The predicted molar refractivity (Wildman–Crippen MR) is 93.6 cm³/mol. The first-order valence-electron chi connectivity index (χ1n) is 8.87. The van der Waals surface area contributed by atoms with Gasteiger partial charge in [-0.3, -0.25) is 4.79 Å². The molecule has 0 radical (unpaired) electrons. The van der Waals surface area contributed by atoms with Crippen molar-refractivity contribution in [3.05, 3.63) is 6.33 Å². The van der Waals surface area contributed by atoms with E-state index in [1.807, 2.05) is 4.90 Å². The molecule has 2 saturated heterocycles. The van der Waals surface area contributed by atoms with Gasteiger partial charge in [-0.05, 0) is 12.8 Å². The van der Waals surface area contributed by atoms with Crippen molar-refractivity contribution >= 4 is 28.8 Å². The molecule has 2 aromatic heterocycles. The number of anilines is 2. The van der Waals surface area contributed by atoms with Crippen LogP contribution in [0.1, 0.15) is 19.3 Å². The van der Waals surface area contributed by atoms with Crippen LogP contribution in [0.25, 0.3) is 11.2 Å². The molecule has 4 heterocycles. The highest BCUT2D eigenvalue weighted by atomic mass is 16.5. The second-order valence-corrected chi connectivity index (χ2v) is 6.34. The van der Waals surface area contributed by atoms with Gasteiger partial charge in [0.2, 0.25) is 11.9 Å². The molecule has 0 spiro atoms. The first-order chi connectivity index (χ1) is 12.3. The van der Waals surface area contributed by atoms with E-state index in [0.717, 1.165) is 56.9 Å². The Labute approximate surface area is 145 Å². The molecule has 9 heteroatoms. The van der Waals surface area contributed by atoms with Gasteiger partial charge in [0.15, 0.2) is 11.5 Å². The number of morpholine rings is 1. The van der Waals surface area contributed by atoms with Gasteiger partial charge in [-0.25, -0.2) is 4.98 Å². The van der Waals surface area contributed by atoms with Gasteiger partial charge in [0.05, 0.1) is 19.5 Å². The number of nitrogens with one attached hydrogen (secondary N) is 2. The lowest BCUT2D eigenvalue weighted by Crippen LogP contribution is -2.37. The molecular weight excluding hydrogens is 322 g/mol. The third-order valence-corrected chi connectivity index (χ3v) is 4.64. The van der Waals surface area contributed by atoms with Crippen LogP contribution in [0.15, 0.2) is 6.33 Å². The average molecular weight is 345 g/mol. The number of carbonyl (C=O) groups is 1.